The summed E-state index contributed by atoms with van der Waals surface area (Å²) in [6.45, 7) is 0. The van der Waals surface area contributed by atoms with Gasteiger partial charge in [-0.15, -0.1) is 0 Å². The molecule has 1 fully saturated rings. The molecule has 0 heterocycles. The van der Waals surface area contributed by atoms with E-state index in [4.69, 9.17) is 17.3 Å². The molecule has 0 atom stereocenters. The van der Waals surface area contributed by atoms with E-state index in [1.165, 1.54) is 6.07 Å². The highest BCUT2D eigenvalue weighted by atomic mass is 79.9. The molecular formula is C10H10BrClFN. The third-order valence-electron chi connectivity index (χ3n) is 2.78. The van der Waals surface area contributed by atoms with Crippen LogP contribution in [-0.2, 0) is 5.54 Å². The molecule has 0 aromatic heterocycles. The fourth-order valence-corrected chi connectivity index (χ4v) is 2.47. The minimum Gasteiger partial charge on any atom is -0.321 e. The maximum Gasteiger partial charge on any atom is 0.143 e. The monoisotopic (exact) mass is 277 g/mol. The summed E-state index contributed by atoms with van der Waals surface area (Å²) in [6.07, 6.45) is 2.84. The van der Waals surface area contributed by atoms with Crippen molar-refractivity contribution in [3.05, 3.63) is 33.0 Å². The van der Waals surface area contributed by atoms with Crippen LogP contribution in [0.2, 0.25) is 5.02 Å². The van der Waals surface area contributed by atoms with Crippen LogP contribution in [0.15, 0.2) is 16.6 Å². The van der Waals surface area contributed by atoms with E-state index in [2.05, 4.69) is 15.9 Å². The normalized spacial score (nSPS) is 19.1. The standard InChI is InChI=1S/C10H10BrClFN/c11-6-4-7(9(12)8(13)5-6)10(14)2-1-3-10/h4-5H,1-3,14H2. The SMILES string of the molecule is NC1(c2cc(Br)cc(F)c2Cl)CCC1. The molecule has 0 bridgehead atoms. The number of hydrogen-bond donors (Lipinski definition) is 1. The topological polar surface area (TPSA) is 26.0 Å². The Kier molecular flexibility index (Phi) is 2.58. The first kappa shape index (κ1) is 10.4. The van der Waals surface area contributed by atoms with Crippen LogP contribution >= 0.6 is 27.5 Å². The predicted molar refractivity (Wildman–Crippen MR) is 58.8 cm³/mol. The lowest BCUT2D eigenvalue weighted by atomic mass is 9.73. The van der Waals surface area contributed by atoms with Crippen LogP contribution in [0, 0.1) is 5.82 Å². The van der Waals surface area contributed by atoms with Gasteiger partial charge in [0, 0.05) is 10.0 Å². The summed E-state index contributed by atoms with van der Waals surface area (Å²) >= 11 is 9.13. The molecule has 1 aromatic rings. The number of halogens is 3. The quantitative estimate of drug-likeness (QED) is 0.781. The van der Waals surface area contributed by atoms with Crippen molar-refractivity contribution in [1.29, 1.82) is 0 Å². The Labute approximate surface area is 95.6 Å². The molecule has 0 radical (unpaired) electrons. The number of benzene rings is 1. The van der Waals surface area contributed by atoms with Crippen molar-refractivity contribution >= 4 is 27.5 Å². The maximum absolute atomic E-state index is 13.3. The summed E-state index contributed by atoms with van der Waals surface area (Å²) in [5, 5.41) is 0.162. The Hall–Kier alpha value is -0.120. The van der Waals surface area contributed by atoms with E-state index in [1.807, 2.05) is 6.07 Å². The smallest absolute Gasteiger partial charge is 0.143 e. The highest BCUT2D eigenvalue weighted by Gasteiger charge is 2.36. The number of hydrogen-bond acceptors (Lipinski definition) is 1. The zero-order valence-corrected chi connectivity index (χ0v) is 9.83. The molecule has 1 nitrogen and oxygen atoms in total. The van der Waals surface area contributed by atoms with Crippen LogP contribution in [0.25, 0.3) is 0 Å². The zero-order chi connectivity index (χ0) is 10.3. The molecule has 1 saturated carbocycles. The Morgan fingerprint density at radius 1 is 1.43 bits per heavy atom. The molecule has 0 unspecified atom stereocenters. The van der Waals surface area contributed by atoms with E-state index < -0.39 is 11.4 Å². The van der Waals surface area contributed by atoms with Gasteiger partial charge >= 0.3 is 0 Å². The van der Waals surface area contributed by atoms with Crippen molar-refractivity contribution in [3.8, 4) is 0 Å². The van der Waals surface area contributed by atoms with Gasteiger partial charge in [-0.25, -0.2) is 4.39 Å². The Bertz CT molecular complexity index is 377. The van der Waals surface area contributed by atoms with E-state index in [9.17, 15) is 4.39 Å². The molecule has 0 saturated heterocycles. The average molecular weight is 279 g/mol. The van der Waals surface area contributed by atoms with Gasteiger partial charge in [0.2, 0.25) is 0 Å². The largest absolute Gasteiger partial charge is 0.321 e. The minimum absolute atomic E-state index is 0.162. The fraction of sp³-hybridized carbons (Fsp3) is 0.400. The molecule has 0 aliphatic heterocycles. The molecule has 14 heavy (non-hydrogen) atoms. The van der Waals surface area contributed by atoms with E-state index in [-0.39, 0.29) is 5.02 Å². The van der Waals surface area contributed by atoms with Crippen molar-refractivity contribution in [2.45, 2.75) is 24.8 Å². The van der Waals surface area contributed by atoms with E-state index in [0.717, 1.165) is 24.8 Å². The van der Waals surface area contributed by atoms with Gasteiger partial charge in [0.15, 0.2) is 0 Å². The summed E-state index contributed by atoms with van der Waals surface area (Å²) in [6, 6.07) is 3.17. The molecule has 4 heteroatoms. The minimum atomic E-state index is -0.415. The van der Waals surface area contributed by atoms with E-state index in [0.29, 0.717) is 4.47 Å². The molecular weight excluding hydrogens is 268 g/mol. The van der Waals surface area contributed by atoms with Crippen molar-refractivity contribution in [1.82, 2.24) is 0 Å². The molecule has 1 aliphatic rings. The van der Waals surface area contributed by atoms with E-state index in [1.54, 1.807) is 0 Å². The van der Waals surface area contributed by atoms with Crippen LogP contribution in [0.5, 0.6) is 0 Å². The molecule has 0 spiro atoms. The first-order valence-electron chi connectivity index (χ1n) is 4.47. The van der Waals surface area contributed by atoms with Crippen LogP contribution in [0.3, 0.4) is 0 Å². The van der Waals surface area contributed by atoms with Crippen molar-refractivity contribution in [2.24, 2.45) is 5.73 Å². The second-order valence-corrected chi connectivity index (χ2v) is 5.05. The molecule has 1 aliphatic carbocycles. The van der Waals surface area contributed by atoms with Gasteiger partial charge in [0.05, 0.1) is 5.02 Å². The van der Waals surface area contributed by atoms with Gasteiger partial charge in [0.1, 0.15) is 5.82 Å². The maximum atomic E-state index is 13.3. The Morgan fingerprint density at radius 3 is 2.57 bits per heavy atom. The highest BCUT2D eigenvalue weighted by Crippen LogP contribution is 2.43. The molecule has 0 amide bonds. The first-order valence-corrected chi connectivity index (χ1v) is 5.64. The van der Waals surface area contributed by atoms with Crippen LogP contribution in [0.1, 0.15) is 24.8 Å². The average Bonchev–Trinajstić information content (AvgIpc) is 2.07. The summed E-state index contributed by atoms with van der Waals surface area (Å²) in [5.41, 5.74) is 6.40. The zero-order valence-electron chi connectivity index (χ0n) is 7.49. The van der Waals surface area contributed by atoms with Gasteiger partial charge < -0.3 is 5.73 Å². The second-order valence-electron chi connectivity index (χ2n) is 3.76. The van der Waals surface area contributed by atoms with Crippen LogP contribution in [-0.4, -0.2) is 0 Å². The predicted octanol–water partition coefficient (Wildman–Crippen LogP) is 3.58. The lowest BCUT2D eigenvalue weighted by Gasteiger charge is -2.39. The number of rotatable bonds is 1. The Morgan fingerprint density at radius 2 is 2.07 bits per heavy atom. The molecule has 76 valence electrons. The van der Waals surface area contributed by atoms with Gasteiger partial charge in [-0.1, -0.05) is 27.5 Å². The van der Waals surface area contributed by atoms with Gasteiger partial charge in [-0.05, 0) is 37.0 Å². The van der Waals surface area contributed by atoms with Crippen LogP contribution < -0.4 is 5.73 Å². The van der Waals surface area contributed by atoms with Gasteiger partial charge in [0.25, 0.3) is 0 Å². The second kappa shape index (κ2) is 3.47. The Balaban J connectivity index is 2.51. The lowest BCUT2D eigenvalue weighted by Crippen LogP contribution is -2.43. The van der Waals surface area contributed by atoms with Gasteiger partial charge in [-0.3, -0.25) is 0 Å². The number of nitrogens with two attached hydrogens (primary N) is 1. The van der Waals surface area contributed by atoms with Crippen molar-refractivity contribution < 1.29 is 4.39 Å². The summed E-state index contributed by atoms with van der Waals surface area (Å²) < 4.78 is 14.0. The third kappa shape index (κ3) is 1.58. The summed E-state index contributed by atoms with van der Waals surface area (Å²) in [4.78, 5) is 0. The lowest BCUT2D eigenvalue weighted by molar-refractivity contribution is 0.253. The summed E-state index contributed by atoms with van der Waals surface area (Å²) in [7, 11) is 0. The molecule has 2 rings (SSSR count). The van der Waals surface area contributed by atoms with Gasteiger partial charge in [-0.2, -0.15) is 0 Å². The fourth-order valence-electron chi connectivity index (χ4n) is 1.75. The molecule has 1 aromatic carbocycles. The summed E-state index contributed by atoms with van der Waals surface area (Å²) in [5.74, 6) is -0.409. The van der Waals surface area contributed by atoms with Crippen molar-refractivity contribution in [2.75, 3.05) is 0 Å². The third-order valence-corrected chi connectivity index (χ3v) is 3.62. The van der Waals surface area contributed by atoms with Crippen LogP contribution in [0.4, 0.5) is 4.39 Å². The highest BCUT2D eigenvalue weighted by molar-refractivity contribution is 9.10. The van der Waals surface area contributed by atoms with Crippen molar-refractivity contribution in [3.63, 3.8) is 0 Å². The first-order chi connectivity index (χ1) is 6.53. The molecule has 2 N–H and O–H groups in total. The van der Waals surface area contributed by atoms with E-state index >= 15 is 0 Å².